The van der Waals surface area contributed by atoms with E-state index in [2.05, 4.69) is 425 Å². The molecule has 0 fully saturated rings. The van der Waals surface area contributed by atoms with E-state index in [1.54, 1.807) is 0 Å². The Hall–Kier alpha value is -15.8. The first-order chi connectivity index (χ1) is 65.5. The van der Waals surface area contributed by atoms with Crippen molar-refractivity contribution >= 4 is 21.5 Å². The van der Waals surface area contributed by atoms with Crippen LogP contribution in [-0.2, 0) is 27.1 Å². The fourth-order valence-corrected chi connectivity index (χ4v) is 15.6. The molecule has 0 aliphatic heterocycles. The van der Waals surface area contributed by atoms with Crippen molar-refractivity contribution in [1.82, 2.24) is 49.8 Å². The van der Waals surface area contributed by atoms with Crippen LogP contribution < -0.4 is 0 Å². The van der Waals surface area contributed by atoms with Crippen molar-refractivity contribution < 1.29 is 0 Å². The van der Waals surface area contributed by atoms with Gasteiger partial charge in [-0.05, 0) is 91.3 Å². The lowest BCUT2D eigenvalue weighted by molar-refractivity contribution is 0.546. The van der Waals surface area contributed by atoms with Gasteiger partial charge in [-0.3, -0.25) is 0 Å². The van der Waals surface area contributed by atoms with Crippen molar-refractivity contribution in [1.29, 1.82) is 0 Å². The second-order valence-electron chi connectivity index (χ2n) is 39.3. The summed E-state index contributed by atoms with van der Waals surface area (Å²) in [5.41, 5.74) is 27.4. The molecule has 10 nitrogen and oxygen atoms in total. The van der Waals surface area contributed by atoms with Gasteiger partial charge in [-0.2, -0.15) is 0 Å². The van der Waals surface area contributed by atoms with Gasteiger partial charge in [-0.1, -0.05) is 498 Å². The van der Waals surface area contributed by atoms with E-state index in [1.165, 1.54) is 54.9 Å². The Balaban J connectivity index is 0.000000124. The van der Waals surface area contributed by atoms with Gasteiger partial charge in [0.05, 0.1) is 56.9 Å². The predicted molar refractivity (Wildman–Crippen MR) is 569 cm³/mol. The van der Waals surface area contributed by atoms with Gasteiger partial charge in [0.2, 0.25) is 0 Å². The topological polar surface area (TPSA) is 129 Å². The van der Waals surface area contributed by atoms with Gasteiger partial charge in [0.15, 0.2) is 0 Å². The van der Waals surface area contributed by atoms with Crippen LogP contribution in [0, 0.1) is 0 Å². The van der Waals surface area contributed by atoms with Crippen molar-refractivity contribution in [3.05, 3.63) is 460 Å². The SMILES string of the molecule is CC(C)(C)c1nc(-c2ccc(-c3ccccc3)cc2)cc(-c2ccc(-c3ccccc3)cc2)n1.CC(C)(C)c1nc(-c2ccccc2)cc(-c2ccc(-c3ccccc3)cc2)n1.CC(C)(C)c1nc(-c2ccccc2)cc(-c2ccc3ccccc3c2)n1.CC(C)(C)c1nc(-c2ccccc2)cc(-c2cccc3ccccc23)n1.CC(C)(C)c1nc(-c2ccccc2)cc(-c2ccccc2)n1. The Morgan fingerprint density at radius 1 is 0.125 bits per heavy atom. The molecule has 670 valence electrons. The zero-order chi connectivity index (χ0) is 95.0. The summed E-state index contributed by atoms with van der Waals surface area (Å²) in [6.45, 7) is 32.3. The number of nitrogens with zero attached hydrogens (tertiary/aromatic N) is 10. The molecule has 0 atom stereocenters. The molecule has 136 heavy (non-hydrogen) atoms. The van der Waals surface area contributed by atoms with Gasteiger partial charge in [0.25, 0.3) is 0 Å². The molecule has 0 unspecified atom stereocenters. The van der Waals surface area contributed by atoms with Crippen molar-refractivity contribution in [2.45, 2.75) is 131 Å². The number of hydrogen-bond acceptors (Lipinski definition) is 10. The molecule has 0 saturated heterocycles. The maximum atomic E-state index is 4.96. The van der Waals surface area contributed by atoms with Gasteiger partial charge in [-0.25, -0.2) is 49.8 Å². The molecule has 0 N–H and O–H groups in total. The molecule has 10 heteroatoms. The fraction of sp³-hybridized carbons (Fsp3) is 0.159. The predicted octanol–water partition coefficient (Wildman–Crippen LogP) is 32.8. The first-order valence-corrected chi connectivity index (χ1v) is 46.7. The summed E-state index contributed by atoms with van der Waals surface area (Å²) >= 11 is 0. The molecule has 20 rings (SSSR count). The Kier molecular flexibility index (Phi) is 28.6. The van der Waals surface area contributed by atoms with E-state index in [0.29, 0.717) is 0 Å². The average molecular weight is 1770 g/mol. The Bertz CT molecular complexity index is 7210. The lowest BCUT2D eigenvalue weighted by atomic mass is 9.94. The lowest BCUT2D eigenvalue weighted by Gasteiger charge is -2.19. The molecule has 20 aromatic rings. The maximum absolute atomic E-state index is 4.96. The summed E-state index contributed by atoms with van der Waals surface area (Å²) in [6.07, 6.45) is 0. The number of rotatable bonds is 13. The molecule has 0 bridgehead atoms. The highest BCUT2D eigenvalue weighted by Gasteiger charge is 2.27. The van der Waals surface area contributed by atoms with Crippen molar-refractivity contribution in [2.24, 2.45) is 0 Å². The second kappa shape index (κ2) is 41.6. The van der Waals surface area contributed by atoms with E-state index in [4.69, 9.17) is 49.8 Å². The third-order valence-electron chi connectivity index (χ3n) is 23.3. The van der Waals surface area contributed by atoms with Gasteiger partial charge < -0.3 is 0 Å². The first kappa shape index (κ1) is 93.5. The highest BCUT2D eigenvalue weighted by atomic mass is 14.9. The van der Waals surface area contributed by atoms with Gasteiger partial charge in [-0.15, -0.1) is 0 Å². The summed E-state index contributed by atoms with van der Waals surface area (Å²) in [4.78, 5) is 48.8. The monoisotopic (exact) mass is 1770 g/mol. The van der Waals surface area contributed by atoms with Crippen LogP contribution in [0.2, 0.25) is 0 Å². The molecule has 5 heterocycles. The molecule has 5 aromatic heterocycles. The molecule has 0 aliphatic rings. The summed E-state index contributed by atoms with van der Waals surface area (Å²) < 4.78 is 0. The third kappa shape index (κ3) is 23.8. The summed E-state index contributed by atoms with van der Waals surface area (Å²) in [6, 6.07) is 149. The van der Waals surface area contributed by atoms with E-state index in [-0.39, 0.29) is 27.1 Å². The highest BCUT2D eigenvalue weighted by Crippen LogP contribution is 2.39. The Morgan fingerprint density at radius 2 is 0.301 bits per heavy atom. The minimum atomic E-state index is -0.154. The Labute approximate surface area is 802 Å². The summed E-state index contributed by atoms with van der Waals surface area (Å²) in [5.74, 6) is 4.30. The lowest BCUT2D eigenvalue weighted by Crippen LogP contribution is -2.17. The minimum Gasteiger partial charge on any atom is -0.232 e. The molecule has 0 aliphatic carbocycles. The normalized spacial score (nSPS) is 11.5. The van der Waals surface area contributed by atoms with E-state index in [1.807, 2.05) is 109 Å². The molecule has 0 amide bonds. The highest BCUT2D eigenvalue weighted by molar-refractivity contribution is 5.96. The molecular formula is C126H116N10. The first-order valence-electron chi connectivity index (χ1n) is 46.7. The van der Waals surface area contributed by atoms with Gasteiger partial charge in [0, 0.05) is 82.7 Å². The third-order valence-corrected chi connectivity index (χ3v) is 23.3. The van der Waals surface area contributed by atoms with E-state index >= 15 is 0 Å². The summed E-state index contributed by atoms with van der Waals surface area (Å²) in [7, 11) is 0. The molecule has 15 aromatic carbocycles. The van der Waals surface area contributed by atoms with E-state index < -0.39 is 0 Å². The van der Waals surface area contributed by atoms with E-state index in [9.17, 15) is 0 Å². The van der Waals surface area contributed by atoms with Crippen LogP contribution in [0.1, 0.15) is 133 Å². The Morgan fingerprint density at radius 3 is 0.566 bits per heavy atom. The van der Waals surface area contributed by atoms with Crippen LogP contribution in [0.25, 0.3) is 167 Å². The zero-order valence-electron chi connectivity index (χ0n) is 80.5. The number of fused-ring (bicyclic) bond motifs is 2. The van der Waals surface area contributed by atoms with Crippen LogP contribution in [-0.4, -0.2) is 49.8 Å². The largest absolute Gasteiger partial charge is 0.232 e. The smallest absolute Gasteiger partial charge is 0.135 e. The fourth-order valence-electron chi connectivity index (χ4n) is 15.6. The average Bonchev–Trinajstić information content (AvgIpc) is 0.800. The second-order valence-corrected chi connectivity index (χ2v) is 39.3. The number of benzene rings is 15. The molecule has 0 spiro atoms. The van der Waals surface area contributed by atoms with Crippen LogP contribution >= 0.6 is 0 Å². The van der Waals surface area contributed by atoms with Crippen LogP contribution in [0.15, 0.2) is 431 Å². The summed E-state index contributed by atoms with van der Waals surface area (Å²) in [5, 5.41) is 4.90. The molecule has 0 radical (unpaired) electrons. The van der Waals surface area contributed by atoms with Crippen LogP contribution in [0.5, 0.6) is 0 Å². The van der Waals surface area contributed by atoms with Crippen molar-refractivity contribution in [3.8, 4) is 146 Å². The minimum absolute atomic E-state index is 0.0890. The number of aromatic nitrogens is 10. The molecular weight excluding hydrogens is 1650 g/mol. The van der Waals surface area contributed by atoms with Crippen LogP contribution in [0.4, 0.5) is 0 Å². The number of hydrogen-bond donors (Lipinski definition) is 0. The van der Waals surface area contributed by atoms with E-state index in [0.717, 1.165) is 142 Å². The van der Waals surface area contributed by atoms with Gasteiger partial charge >= 0.3 is 0 Å². The standard InChI is InChI=1S/C32H28N2.C26H24N2.2C24H22N2.C20H20N2/c1-32(2,3)31-33-29(27-18-14-25(15-19-27)23-10-6-4-7-11-23)22-30(34-31)28-20-16-26(17-21-28)24-12-8-5-9-13-24;1-26(2,3)25-27-23(21-12-8-5-9-13-21)18-24(28-25)22-16-14-20(15-17-22)19-10-6-4-7-11-19;1-24(2,3)23-25-21(18-11-5-4-6-12-18)16-22(26-23)20-15-9-13-17-10-7-8-14-19(17)20;1-24(2,3)23-25-21(18-10-5-4-6-11-18)16-22(26-23)20-14-13-17-9-7-8-12-19(17)15-20;1-20(2,3)19-21-17(15-10-6-4-7-11-15)14-18(22-19)16-12-8-5-9-13-16/h4-22H,1-3H3;4-18H,1-3H3;2*4-16H,1-3H3;4-14H,1-3H3. The molecule has 0 saturated carbocycles. The zero-order valence-corrected chi connectivity index (χ0v) is 80.5. The van der Waals surface area contributed by atoms with Crippen molar-refractivity contribution in [3.63, 3.8) is 0 Å². The maximum Gasteiger partial charge on any atom is 0.135 e. The quantitative estimate of drug-likeness (QED) is 0.110. The van der Waals surface area contributed by atoms with Gasteiger partial charge in [0.1, 0.15) is 29.1 Å². The van der Waals surface area contributed by atoms with Crippen molar-refractivity contribution in [2.75, 3.05) is 0 Å². The van der Waals surface area contributed by atoms with Crippen LogP contribution in [0.3, 0.4) is 0 Å².